The molecule has 4 rings (SSSR count). The van der Waals surface area contributed by atoms with Crippen LogP contribution in [0.5, 0.6) is 0 Å². The highest BCUT2D eigenvalue weighted by atomic mass is 32.1. The van der Waals surface area contributed by atoms with Crippen LogP contribution in [0.4, 0.5) is 0 Å². The van der Waals surface area contributed by atoms with E-state index in [9.17, 15) is 4.79 Å². The van der Waals surface area contributed by atoms with Crippen molar-refractivity contribution in [3.63, 3.8) is 0 Å². The molecule has 2 aromatic heterocycles. The first kappa shape index (κ1) is 12.9. The maximum atomic E-state index is 12.1. The van der Waals surface area contributed by atoms with Gasteiger partial charge in [0.05, 0.1) is 5.69 Å². The molecule has 0 saturated heterocycles. The van der Waals surface area contributed by atoms with Gasteiger partial charge in [0, 0.05) is 11.1 Å². The van der Waals surface area contributed by atoms with Gasteiger partial charge in [-0.3, -0.25) is 9.17 Å². The molecular formula is C17H11N3OS. The minimum Gasteiger partial charge on any atom is -0.275 e. The zero-order valence-corrected chi connectivity index (χ0v) is 12.3. The van der Waals surface area contributed by atoms with Crippen molar-refractivity contribution >= 4 is 21.7 Å². The van der Waals surface area contributed by atoms with E-state index in [-0.39, 0.29) is 5.56 Å². The summed E-state index contributed by atoms with van der Waals surface area (Å²) in [5.41, 5.74) is 2.38. The lowest BCUT2D eigenvalue weighted by molar-refractivity contribution is 1.24. The SMILES string of the molecule is O=c1[nH]sc2nc(-c3ccccc3)nc(-c3ccccc3)c12. The van der Waals surface area contributed by atoms with Crippen LogP contribution in [0.25, 0.3) is 32.9 Å². The number of fused-ring (bicyclic) bond motifs is 1. The molecule has 2 heterocycles. The molecular weight excluding hydrogens is 294 g/mol. The van der Waals surface area contributed by atoms with Crippen molar-refractivity contribution in [2.24, 2.45) is 0 Å². The molecule has 2 aromatic carbocycles. The fraction of sp³-hybridized carbons (Fsp3) is 0. The molecule has 0 aliphatic heterocycles. The molecule has 4 nitrogen and oxygen atoms in total. The van der Waals surface area contributed by atoms with Crippen molar-refractivity contribution in [1.82, 2.24) is 14.3 Å². The summed E-state index contributed by atoms with van der Waals surface area (Å²) in [6, 6.07) is 19.5. The highest BCUT2D eigenvalue weighted by Crippen LogP contribution is 2.28. The fourth-order valence-electron chi connectivity index (χ4n) is 2.39. The van der Waals surface area contributed by atoms with Crippen LogP contribution in [0.2, 0.25) is 0 Å². The Balaban J connectivity index is 2.05. The van der Waals surface area contributed by atoms with E-state index in [1.807, 2.05) is 60.7 Å². The van der Waals surface area contributed by atoms with Crippen LogP contribution in [-0.4, -0.2) is 14.3 Å². The van der Waals surface area contributed by atoms with Crippen LogP contribution in [0.3, 0.4) is 0 Å². The molecule has 0 saturated carbocycles. The van der Waals surface area contributed by atoms with Gasteiger partial charge >= 0.3 is 0 Å². The minimum atomic E-state index is -0.140. The van der Waals surface area contributed by atoms with E-state index in [2.05, 4.69) is 14.3 Å². The van der Waals surface area contributed by atoms with Crippen molar-refractivity contribution in [3.05, 3.63) is 71.0 Å². The molecule has 0 spiro atoms. The number of benzene rings is 2. The summed E-state index contributed by atoms with van der Waals surface area (Å²) < 4.78 is 2.75. The van der Waals surface area contributed by atoms with Gasteiger partial charge in [-0.25, -0.2) is 9.97 Å². The van der Waals surface area contributed by atoms with Gasteiger partial charge < -0.3 is 0 Å². The summed E-state index contributed by atoms with van der Waals surface area (Å²) >= 11 is 1.24. The Bertz CT molecular complexity index is 991. The summed E-state index contributed by atoms with van der Waals surface area (Å²) in [6.45, 7) is 0. The predicted octanol–water partition coefficient (Wildman–Crippen LogP) is 3.71. The Kier molecular flexibility index (Phi) is 3.05. The minimum absolute atomic E-state index is 0.140. The van der Waals surface area contributed by atoms with Crippen molar-refractivity contribution in [2.45, 2.75) is 0 Å². The van der Waals surface area contributed by atoms with Crippen LogP contribution >= 0.6 is 11.5 Å². The quantitative estimate of drug-likeness (QED) is 0.614. The summed E-state index contributed by atoms with van der Waals surface area (Å²) in [4.78, 5) is 22.0. The Morgan fingerprint density at radius 2 is 1.45 bits per heavy atom. The Hall–Kier alpha value is -2.79. The Morgan fingerprint density at radius 1 is 0.818 bits per heavy atom. The second-order valence-electron chi connectivity index (χ2n) is 4.84. The molecule has 0 unspecified atom stereocenters. The number of nitrogens with zero attached hydrogens (tertiary/aromatic N) is 2. The van der Waals surface area contributed by atoms with Gasteiger partial charge in [0.25, 0.3) is 5.56 Å². The number of hydrogen-bond donors (Lipinski definition) is 1. The normalized spacial score (nSPS) is 10.9. The number of rotatable bonds is 2. The summed E-state index contributed by atoms with van der Waals surface area (Å²) in [5.74, 6) is 0.627. The van der Waals surface area contributed by atoms with E-state index >= 15 is 0 Å². The lowest BCUT2D eigenvalue weighted by atomic mass is 10.1. The van der Waals surface area contributed by atoms with E-state index in [1.54, 1.807) is 0 Å². The van der Waals surface area contributed by atoms with Crippen LogP contribution in [-0.2, 0) is 0 Å². The topological polar surface area (TPSA) is 58.6 Å². The third-order valence-electron chi connectivity index (χ3n) is 3.42. The maximum absolute atomic E-state index is 12.1. The molecule has 106 valence electrons. The highest BCUT2D eigenvalue weighted by Gasteiger charge is 2.15. The third kappa shape index (κ3) is 2.12. The van der Waals surface area contributed by atoms with Crippen LogP contribution in [0, 0.1) is 0 Å². The molecule has 22 heavy (non-hydrogen) atoms. The lowest BCUT2D eigenvalue weighted by Crippen LogP contribution is -2.02. The van der Waals surface area contributed by atoms with Crippen LogP contribution < -0.4 is 5.56 Å². The standard InChI is InChI=1S/C17H11N3OS/c21-16-13-14(11-7-3-1-4-8-11)18-15(19-17(13)22-20-16)12-9-5-2-6-10-12/h1-10H,(H,20,21). The average molecular weight is 305 g/mol. The monoisotopic (exact) mass is 305 g/mol. The molecule has 0 radical (unpaired) electrons. The van der Waals surface area contributed by atoms with Gasteiger partial charge in [-0.15, -0.1) is 0 Å². The number of nitrogens with one attached hydrogen (secondary N) is 1. The van der Waals surface area contributed by atoms with E-state index in [4.69, 9.17) is 0 Å². The molecule has 4 aromatic rings. The van der Waals surface area contributed by atoms with E-state index in [0.717, 1.165) is 11.1 Å². The van der Waals surface area contributed by atoms with Gasteiger partial charge in [-0.2, -0.15) is 0 Å². The molecule has 0 atom stereocenters. The average Bonchev–Trinajstić information content (AvgIpc) is 2.97. The molecule has 0 aliphatic carbocycles. The van der Waals surface area contributed by atoms with Crippen LogP contribution in [0.1, 0.15) is 0 Å². The largest absolute Gasteiger partial charge is 0.275 e. The smallest absolute Gasteiger partial charge is 0.269 e. The molecule has 0 bridgehead atoms. The zero-order chi connectivity index (χ0) is 14.9. The lowest BCUT2D eigenvalue weighted by Gasteiger charge is -2.05. The van der Waals surface area contributed by atoms with Crippen molar-refractivity contribution in [3.8, 4) is 22.6 Å². The van der Waals surface area contributed by atoms with E-state index in [0.29, 0.717) is 21.7 Å². The van der Waals surface area contributed by atoms with Crippen molar-refractivity contribution < 1.29 is 0 Å². The maximum Gasteiger partial charge on any atom is 0.269 e. The second kappa shape index (κ2) is 5.20. The zero-order valence-electron chi connectivity index (χ0n) is 11.5. The second-order valence-corrected chi connectivity index (χ2v) is 5.64. The van der Waals surface area contributed by atoms with Gasteiger partial charge in [0.2, 0.25) is 0 Å². The Morgan fingerprint density at radius 3 is 2.14 bits per heavy atom. The van der Waals surface area contributed by atoms with E-state index in [1.165, 1.54) is 11.5 Å². The molecule has 0 amide bonds. The first-order valence-corrected chi connectivity index (χ1v) is 7.64. The van der Waals surface area contributed by atoms with Gasteiger partial charge in [-0.05, 0) is 11.5 Å². The van der Waals surface area contributed by atoms with Gasteiger partial charge in [0.15, 0.2) is 5.82 Å². The number of aromatic amines is 1. The number of aromatic nitrogens is 3. The van der Waals surface area contributed by atoms with Crippen molar-refractivity contribution in [2.75, 3.05) is 0 Å². The van der Waals surface area contributed by atoms with E-state index < -0.39 is 0 Å². The highest BCUT2D eigenvalue weighted by molar-refractivity contribution is 7.12. The molecule has 5 heteroatoms. The summed E-state index contributed by atoms with van der Waals surface area (Å²) in [6.07, 6.45) is 0. The molecule has 0 aliphatic rings. The molecule has 0 fully saturated rings. The van der Waals surface area contributed by atoms with Crippen molar-refractivity contribution in [1.29, 1.82) is 0 Å². The third-order valence-corrected chi connectivity index (χ3v) is 4.20. The number of H-pyrrole nitrogens is 1. The predicted molar refractivity (Wildman–Crippen MR) is 88.9 cm³/mol. The first-order chi connectivity index (χ1) is 10.8. The Labute approximate surface area is 130 Å². The molecule has 1 N–H and O–H groups in total. The van der Waals surface area contributed by atoms with Gasteiger partial charge in [0.1, 0.15) is 10.2 Å². The first-order valence-electron chi connectivity index (χ1n) is 6.83. The summed E-state index contributed by atoms with van der Waals surface area (Å²) in [5, 5.41) is 0.552. The fourth-order valence-corrected chi connectivity index (χ4v) is 3.10. The van der Waals surface area contributed by atoms with Crippen LogP contribution in [0.15, 0.2) is 65.5 Å². The summed E-state index contributed by atoms with van der Waals surface area (Å²) in [7, 11) is 0. The number of hydrogen-bond acceptors (Lipinski definition) is 4. The van der Waals surface area contributed by atoms with Gasteiger partial charge in [-0.1, -0.05) is 60.7 Å².